The summed E-state index contributed by atoms with van der Waals surface area (Å²) in [6.45, 7) is 0. The normalized spacial score (nSPS) is 23.8. The molecule has 1 aliphatic rings. The Balaban J connectivity index is 2.13. The van der Waals surface area contributed by atoms with E-state index in [1.165, 1.54) is 18.3 Å². The molecule has 5 nitrogen and oxygen atoms in total. The highest BCUT2D eigenvalue weighted by atomic mass is 32.2. The van der Waals surface area contributed by atoms with Gasteiger partial charge in [-0.15, -0.1) is 0 Å². The lowest BCUT2D eigenvalue weighted by molar-refractivity contribution is 0.550. The van der Waals surface area contributed by atoms with Crippen molar-refractivity contribution in [3.8, 4) is 6.07 Å². The van der Waals surface area contributed by atoms with Crippen molar-refractivity contribution in [3.63, 3.8) is 0 Å². The van der Waals surface area contributed by atoms with Gasteiger partial charge in [-0.1, -0.05) is 0 Å². The van der Waals surface area contributed by atoms with E-state index < -0.39 is 9.84 Å². The van der Waals surface area contributed by atoms with Gasteiger partial charge >= 0.3 is 0 Å². The van der Waals surface area contributed by atoms with Gasteiger partial charge in [-0.25, -0.2) is 13.4 Å². The van der Waals surface area contributed by atoms with Crippen molar-refractivity contribution in [2.75, 3.05) is 5.75 Å². The second-order valence-corrected chi connectivity index (χ2v) is 6.70. The van der Waals surface area contributed by atoms with Gasteiger partial charge in [0, 0.05) is 12.2 Å². The molecule has 0 aromatic carbocycles. The molecule has 1 aliphatic carbocycles. The van der Waals surface area contributed by atoms with Crippen molar-refractivity contribution in [1.82, 2.24) is 4.98 Å². The Morgan fingerprint density at radius 3 is 2.72 bits per heavy atom. The molecule has 2 N–H and O–H groups in total. The van der Waals surface area contributed by atoms with Crippen molar-refractivity contribution in [2.45, 2.75) is 30.3 Å². The van der Waals surface area contributed by atoms with E-state index in [0.29, 0.717) is 5.56 Å². The zero-order chi connectivity index (χ0) is 13.2. The van der Waals surface area contributed by atoms with E-state index >= 15 is 0 Å². The van der Waals surface area contributed by atoms with E-state index in [9.17, 15) is 8.42 Å². The Bertz CT molecular complexity index is 560. The standard InChI is InChI=1S/C12H15N3O2S/c13-6-10-2-4-12(15-7-10)18(16,17)8-9-1-3-11(14)5-9/h2,4,7,9,11H,1,3,5,8,14H2. The van der Waals surface area contributed by atoms with E-state index in [4.69, 9.17) is 11.0 Å². The van der Waals surface area contributed by atoms with Crippen LogP contribution in [0.4, 0.5) is 0 Å². The summed E-state index contributed by atoms with van der Waals surface area (Å²) in [4.78, 5) is 3.84. The first-order chi connectivity index (χ1) is 8.51. The monoisotopic (exact) mass is 265 g/mol. The first-order valence-electron chi connectivity index (χ1n) is 5.86. The maximum absolute atomic E-state index is 12.1. The van der Waals surface area contributed by atoms with Gasteiger partial charge in [0.1, 0.15) is 6.07 Å². The lowest BCUT2D eigenvalue weighted by Gasteiger charge is -2.09. The number of pyridine rings is 1. The summed E-state index contributed by atoms with van der Waals surface area (Å²) >= 11 is 0. The van der Waals surface area contributed by atoms with Gasteiger partial charge in [-0.05, 0) is 37.3 Å². The quantitative estimate of drug-likeness (QED) is 0.874. The van der Waals surface area contributed by atoms with Crippen LogP contribution in [0.5, 0.6) is 0 Å². The van der Waals surface area contributed by atoms with Gasteiger partial charge in [-0.3, -0.25) is 0 Å². The molecular weight excluding hydrogens is 250 g/mol. The fraction of sp³-hybridized carbons (Fsp3) is 0.500. The molecule has 0 radical (unpaired) electrons. The largest absolute Gasteiger partial charge is 0.328 e. The fourth-order valence-corrected chi connectivity index (χ4v) is 3.87. The van der Waals surface area contributed by atoms with E-state index in [1.807, 2.05) is 6.07 Å². The Morgan fingerprint density at radius 1 is 1.44 bits per heavy atom. The summed E-state index contributed by atoms with van der Waals surface area (Å²) in [7, 11) is -3.37. The average Bonchev–Trinajstić information content (AvgIpc) is 2.74. The SMILES string of the molecule is N#Cc1ccc(S(=O)(=O)CC2CCC(N)C2)nc1. The Morgan fingerprint density at radius 2 is 2.22 bits per heavy atom. The number of rotatable bonds is 3. The van der Waals surface area contributed by atoms with Crippen LogP contribution >= 0.6 is 0 Å². The van der Waals surface area contributed by atoms with E-state index in [2.05, 4.69) is 4.98 Å². The van der Waals surface area contributed by atoms with Crippen LogP contribution in [-0.2, 0) is 9.84 Å². The molecule has 2 unspecified atom stereocenters. The second kappa shape index (κ2) is 5.04. The minimum atomic E-state index is -3.37. The number of hydrogen-bond acceptors (Lipinski definition) is 5. The number of nitrogens with zero attached hydrogens (tertiary/aromatic N) is 2. The van der Waals surface area contributed by atoms with E-state index in [1.54, 1.807) is 0 Å². The lowest BCUT2D eigenvalue weighted by atomic mass is 10.1. The first kappa shape index (κ1) is 13.0. The summed E-state index contributed by atoms with van der Waals surface area (Å²) in [5, 5.41) is 8.68. The summed E-state index contributed by atoms with van der Waals surface area (Å²) < 4.78 is 24.2. The van der Waals surface area contributed by atoms with Crippen molar-refractivity contribution in [3.05, 3.63) is 23.9 Å². The first-order valence-corrected chi connectivity index (χ1v) is 7.51. The van der Waals surface area contributed by atoms with Gasteiger partial charge in [0.15, 0.2) is 14.9 Å². The molecule has 1 saturated carbocycles. The predicted octanol–water partition coefficient (Wildman–Crippen LogP) is 0.854. The van der Waals surface area contributed by atoms with Gasteiger partial charge in [-0.2, -0.15) is 5.26 Å². The molecule has 0 bridgehead atoms. The topological polar surface area (TPSA) is 96.8 Å². The van der Waals surface area contributed by atoms with Crippen molar-refractivity contribution in [1.29, 1.82) is 5.26 Å². The van der Waals surface area contributed by atoms with Gasteiger partial charge in [0.2, 0.25) is 0 Å². The summed E-state index contributed by atoms with van der Waals surface area (Å²) in [6.07, 6.45) is 3.79. The van der Waals surface area contributed by atoms with Crippen molar-refractivity contribution < 1.29 is 8.42 Å². The van der Waals surface area contributed by atoms with Crippen LogP contribution in [0.3, 0.4) is 0 Å². The van der Waals surface area contributed by atoms with Crippen LogP contribution in [0.25, 0.3) is 0 Å². The average molecular weight is 265 g/mol. The highest BCUT2D eigenvalue weighted by Gasteiger charge is 2.28. The van der Waals surface area contributed by atoms with E-state index in [0.717, 1.165) is 19.3 Å². The maximum Gasteiger partial charge on any atom is 0.195 e. The van der Waals surface area contributed by atoms with Gasteiger partial charge in [0.05, 0.1) is 11.3 Å². The lowest BCUT2D eigenvalue weighted by Crippen LogP contribution is -2.19. The van der Waals surface area contributed by atoms with Gasteiger partial charge < -0.3 is 5.73 Å². The molecule has 2 rings (SSSR count). The molecule has 1 aromatic heterocycles. The Hall–Kier alpha value is -1.45. The highest BCUT2D eigenvalue weighted by molar-refractivity contribution is 7.91. The molecule has 1 fully saturated rings. The third-order valence-corrected chi connectivity index (χ3v) is 5.01. The third-order valence-electron chi connectivity index (χ3n) is 3.22. The molecule has 2 atom stereocenters. The molecule has 0 spiro atoms. The van der Waals surface area contributed by atoms with Crippen LogP contribution in [0.2, 0.25) is 0 Å². The molecule has 1 heterocycles. The molecule has 18 heavy (non-hydrogen) atoms. The van der Waals surface area contributed by atoms with Crippen molar-refractivity contribution >= 4 is 9.84 Å². The van der Waals surface area contributed by atoms with Crippen LogP contribution in [0, 0.1) is 17.2 Å². The third kappa shape index (κ3) is 2.86. The zero-order valence-corrected chi connectivity index (χ0v) is 10.7. The summed E-state index contributed by atoms with van der Waals surface area (Å²) in [5.74, 6) is 0.224. The molecule has 0 saturated heterocycles. The van der Waals surface area contributed by atoms with Crippen LogP contribution < -0.4 is 5.73 Å². The number of hydrogen-bond donors (Lipinski definition) is 1. The Labute approximate surface area is 107 Å². The Kier molecular flexibility index (Phi) is 3.64. The number of nitriles is 1. The predicted molar refractivity (Wildman–Crippen MR) is 66.3 cm³/mol. The molecule has 0 amide bonds. The number of aromatic nitrogens is 1. The van der Waals surface area contributed by atoms with E-state index in [-0.39, 0.29) is 22.7 Å². The molecule has 96 valence electrons. The van der Waals surface area contributed by atoms with Crippen LogP contribution in [0.1, 0.15) is 24.8 Å². The zero-order valence-electron chi connectivity index (χ0n) is 9.91. The smallest absolute Gasteiger partial charge is 0.195 e. The summed E-state index contributed by atoms with van der Waals surface area (Å²) in [5.41, 5.74) is 6.13. The van der Waals surface area contributed by atoms with Gasteiger partial charge in [0.25, 0.3) is 0 Å². The molecule has 1 aromatic rings. The highest BCUT2D eigenvalue weighted by Crippen LogP contribution is 2.27. The number of nitrogens with two attached hydrogens (primary N) is 1. The maximum atomic E-state index is 12.1. The number of sulfone groups is 1. The minimum Gasteiger partial charge on any atom is -0.328 e. The fourth-order valence-electron chi connectivity index (χ4n) is 2.29. The molecular formula is C12H15N3O2S. The summed E-state index contributed by atoms with van der Waals surface area (Å²) in [6, 6.07) is 4.90. The van der Waals surface area contributed by atoms with Crippen LogP contribution in [-0.4, -0.2) is 25.2 Å². The minimum absolute atomic E-state index is 0.0435. The molecule has 6 heteroatoms. The van der Waals surface area contributed by atoms with Crippen LogP contribution in [0.15, 0.2) is 23.4 Å². The van der Waals surface area contributed by atoms with Crippen molar-refractivity contribution in [2.24, 2.45) is 11.7 Å². The molecule has 0 aliphatic heterocycles. The second-order valence-electron chi connectivity index (χ2n) is 4.72.